The summed E-state index contributed by atoms with van der Waals surface area (Å²) in [5.41, 5.74) is 8.03. The highest BCUT2D eigenvalue weighted by molar-refractivity contribution is 5.82. The first-order valence-electron chi connectivity index (χ1n) is 8.07. The molecule has 8 heteroatoms. The Hall–Kier alpha value is -3.16. The third kappa shape index (κ3) is 2.98. The van der Waals surface area contributed by atoms with E-state index in [1.807, 2.05) is 35.8 Å². The van der Waals surface area contributed by atoms with Crippen LogP contribution in [0.5, 0.6) is 11.8 Å². The van der Waals surface area contributed by atoms with E-state index < -0.39 is 0 Å². The van der Waals surface area contributed by atoms with E-state index in [1.54, 1.807) is 6.20 Å². The summed E-state index contributed by atoms with van der Waals surface area (Å²) in [6, 6.07) is 4.03. The van der Waals surface area contributed by atoms with Crippen molar-refractivity contribution in [3.63, 3.8) is 0 Å². The summed E-state index contributed by atoms with van der Waals surface area (Å²) >= 11 is 0. The summed E-state index contributed by atoms with van der Waals surface area (Å²) in [5, 5.41) is 0. The largest absolute Gasteiger partial charge is 0.491 e. The number of hydrogen-bond acceptors (Lipinski definition) is 7. The van der Waals surface area contributed by atoms with E-state index in [4.69, 9.17) is 15.2 Å². The highest BCUT2D eigenvalue weighted by Gasteiger charge is 2.17. The van der Waals surface area contributed by atoms with Crippen LogP contribution < -0.4 is 15.2 Å². The lowest BCUT2D eigenvalue weighted by atomic mass is 10.3. The third-order valence-corrected chi connectivity index (χ3v) is 3.97. The van der Waals surface area contributed by atoms with Crippen molar-refractivity contribution in [3.05, 3.63) is 42.0 Å². The number of nitrogens with two attached hydrogens (primary N) is 1. The Balaban J connectivity index is 1.87. The minimum absolute atomic E-state index is 0.241. The van der Waals surface area contributed by atoms with E-state index in [1.165, 1.54) is 0 Å². The highest BCUT2D eigenvalue weighted by atomic mass is 16.5. The first-order valence-corrected chi connectivity index (χ1v) is 8.07. The molecule has 25 heavy (non-hydrogen) atoms. The Kier molecular flexibility index (Phi) is 3.93. The fraction of sp³-hybridized carbons (Fsp3) is 0.294. The van der Waals surface area contributed by atoms with Crippen molar-refractivity contribution in [2.45, 2.75) is 19.9 Å². The zero-order valence-corrected chi connectivity index (χ0v) is 13.8. The molecule has 1 aliphatic rings. The number of hydrogen-bond donors (Lipinski definition) is 1. The van der Waals surface area contributed by atoms with Gasteiger partial charge in [0.2, 0.25) is 0 Å². The molecule has 0 radical (unpaired) electrons. The molecule has 2 N–H and O–H groups in total. The third-order valence-electron chi connectivity index (χ3n) is 3.97. The molecule has 2 bridgehead atoms. The average Bonchev–Trinajstić information content (AvgIpc) is 2.92. The number of fused-ring (bicyclic) bond motifs is 2. The second kappa shape index (κ2) is 6.39. The van der Waals surface area contributed by atoms with E-state index >= 15 is 0 Å². The van der Waals surface area contributed by atoms with E-state index in [-0.39, 0.29) is 6.01 Å². The van der Waals surface area contributed by atoms with Gasteiger partial charge < -0.3 is 19.8 Å². The van der Waals surface area contributed by atoms with Crippen molar-refractivity contribution in [1.82, 2.24) is 24.5 Å². The molecule has 0 saturated heterocycles. The van der Waals surface area contributed by atoms with Crippen LogP contribution in [0.1, 0.15) is 17.9 Å². The van der Waals surface area contributed by atoms with Crippen LogP contribution in [0.25, 0.3) is 11.2 Å². The molecule has 0 saturated carbocycles. The summed E-state index contributed by atoms with van der Waals surface area (Å²) in [7, 11) is 0. The van der Waals surface area contributed by atoms with E-state index in [0.717, 1.165) is 23.7 Å². The number of nitrogen functional groups attached to an aromatic ring is 1. The molecule has 0 fully saturated rings. The Morgan fingerprint density at radius 2 is 2.08 bits per heavy atom. The van der Waals surface area contributed by atoms with Crippen LogP contribution in [0.3, 0.4) is 0 Å². The number of imidazole rings is 1. The van der Waals surface area contributed by atoms with Gasteiger partial charge in [-0.15, -0.1) is 0 Å². The zero-order valence-electron chi connectivity index (χ0n) is 13.8. The Morgan fingerprint density at radius 1 is 1.16 bits per heavy atom. The molecular formula is C17H18N6O2. The number of ether oxygens (including phenoxy) is 2. The summed E-state index contributed by atoms with van der Waals surface area (Å²) in [4.78, 5) is 17.6. The van der Waals surface area contributed by atoms with Crippen molar-refractivity contribution in [2.24, 2.45) is 0 Å². The van der Waals surface area contributed by atoms with Gasteiger partial charge in [0.25, 0.3) is 0 Å². The van der Waals surface area contributed by atoms with E-state index in [2.05, 4.69) is 19.9 Å². The van der Waals surface area contributed by atoms with Gasteiger partial charge in [0.15, 0.2) is 17.0 Å². The fourth-order valence-corrected chi connectivity index (χ4v) is 2.73. The number of pyridine rings is 1. The van der Waals surface area contributed by atoms with Crippen LogP contribution in [-0.2, 0) is 6.54 Å². The van der Waals surface area contributed by atoms with Crippen LogP contribution in [0.4, 0.5) is 5.82 Å². The van der Waals surface area contributed by atoms with Crippen molar-refractivity contribution < 1.29 is 9.47 Å². The van der Waals surface area contributed by atoms with Crippen LogP contribution >= 0.6 is 0 Å². The number of anilines is 1. The van der Waals surface area contributed by atoms with Crippen molar-refractivity contribution >= 4 is 17.0 Å². The summed E-state index contributed by atoms with van der Waals surface area (Å²) in [6.45, 7) is 3.32. The topological polar surface area (TPSA) is 101 Å². The standard InChI is InChI=1S/C17H18N6O2/c1-11-20-14-15(18)21-17-22-16(14)23(11)10-12-13(6-5-7-19-12)24-8-3-2-4-9-25-17/h2,4-7H,3,8-10H2,1H3,(H2,18,21,22)/b4-2-. The summed E-state index contributed by atoms with van der Waals surface area (Å²) in [5.74, 6) is 1.83. The van der Waals surface area contributed by atoms with Gasteiger partial charge in [-0.2, -0.15) is 9.97 Å². The predicted octanol–water partition coefficient (Wildman–Crippen LogP) is 1.88. The molecule has 128 valence electrons. The van der Waals surface area contributed by atoms with E-state index in [9.17, 15) is 0 Å². The van der Waals surface area contributed by atoms with Gasteiger partial charge in [0, 0.05) is 6.20 Å². The van der Waals surface area contributed by atoms with E-state index in [0.29, 0.717) is 36.7 Å². The number of nitrogens with zero attached hydrogens (tertiary/aromatic N) is 5. The van der Waals surface area contributed by atoms with Gasteiger partial charge in [-0.1, -0.05) is 12.2 Å². The predicted molar refractivity (Wildman–Crippen MR) is 92.6 cm³/mol. The molecule has 4 heterocycles. The van der Waals surface area contributed by atoms with Crippen LogP contribution in [0, 0.1) is 6.92 Å². The normalized spacial score (nSPS) is 15.9. The molecule has 0 atom stereocenters. The number of aryl methyl sites for hydroxylation is 1. The minimum Gasteiger partial charge on any atom is -0.491 e. The molecule has 3 aromatic heterocycles. The summed E-state index contributed by atoms with van der Waals surface area (Å²) < 4.78 is 13.4. The fourth-order valence-electron chi connectivity index (χ4n) is 2.73. The lowest BCUT2D eigenvalue weighted by Gasteiger charge is -2.12. The van der Waals surface area contributed by atoms with Gasteiger partial charge in [0.1, 0.15) is 23.9 Å². The monoisotopic (exact) mass is 338 g/mol. The smallest absolute Gasteiger partial charge is 0.320 e. The maximum atomic E-state index is 6.04. The minimum atomic E-state index is 0.241. The SMILES string of the molecule is Cc1nc2c(N)nc3nc2n1Cc1ncccc1OCC/C=C\CO3. The Morgan fingerprint density at radius 3 is 3.00 bits per heavy atom. The lowest BCUT2D eigenvalue weighted by Crippen LogP contribution is -2.09. The molecular weight excluding hydrogens is 320 g/mol. The van der Waals surface area contributed by atoms with Gasteiger partial charge in [-0.05, 0) is 25.5 Å². The van der Waals surface area contributed by atoms with Crippen molar-refractivity contribution in [2.75, 3.05) is 18.9 Å². The Bertz CT molecular complexity index is 950. The molecule has 8 nitrogen and oxygen atoms in total. The highest BCUT2D eigenvalue weighted by Crippen LogP contribution is 2.24. The van der Waals surface area contributed by atoms with Crippen LogP contribution in [-0.4, -0.2) is 37.7 Å². The Labute approximate surface area is 144 Å². The second-order valence-corrected chi connectivity index (χ2v) is 5.68. The molecule has 1 aliphatic heterocycles. The van der Waals surface area contributed by atoms with Gasteiger partial charge in [0.05, 0.1) is 13.2 Å². The number of aromatic nitrogens is 5. The second-order valence-electron chi connectivity index (χ2n) is 5.68. The summed E-state index contributed by atoms with van der Waals surface area (Å²) in [6.07, 6.45) is 6.43. The van der Waals surface area contributed by atoms with Crippen molar-refractivity contribution in [3.8, 4) is 11.8 Å². The molecule has 3 aromatic rings. The quantitative estimate of drug-likeness (QED) is 0.624. The molecule has 0 spiro atoms. The average molecular weight is 338 g/mol. The number of rotatable bonds is 0. The maximum Gasteiger partial charge on any atom is 0.320 e. The lowest BCUT2D eigenvalue weighted by molar-refractivity contribution is 0.316. The van der Waals surface area contributed by atoms with Crippen molar-refractivity contribution in [1.29, 1.82) is 0 Å². The molecule has 0 unspecified atom stereocenters. The van der Waals surface area contributed by atoms with Gasteiger partial charge in [-0.3, -0.25) is 4.98 Å². The van der Waals surface area contributed by atoms with Gasteiger partial charge >= 0.3 is 6.01 Å². The first-order chi connectivity index (χ1) is 12.2. The van der Waals surface area contributed by atoms with Gasteiger partial charge in [-0.25, -0.2) is 4.98 Å². The van der Waals surface area contributed by atoms with Crippen LogP contribution in [0.2, 0.25) is 0 Å². The molecule has 0 aliphatic carbocycles. The zero-order chi connectivity index (χ0) is 17.2. The maximum absolute atomic E-state index is 6.04. The molecule has 0 aromatic carbocycles. The molecule has 4 rings (SSSR count). The van der Waals surface area contributed by atoms with Crippen LogP contribution in [0.15, 0.2) is 30.5 Å². The molecule has 0 amide bonds. The first kappa shape index (κ1) is 15.4.